The van der Waals surface area contributed by atoms with Gasteiger partial charge in [0.2, 0.25) is 0 Å². The van der Waals surface area contributed by atoms with Crippen LogP contribution in [-0.2, 0) is 5.41 Å². The van der Waals surface area contributed by atoms with E-state index in [4.69, 9.17) is 11.6 Å². The molecule has 4 heteroatoms. The highest BCUT2D eigenvalue weighted by molar-refractivity contribution is 6.29. The minimum absolute atomic E-state index is 0.0667. The van der Waals surface area contributed by atoms with Crippen molar-refractivity contribution in [2.24, 2.45) is 5.41 Å². The molecule has 1 aromatic rings. The highest BCUT2D eigenvalue weighted by atomic mass is 35.5. The molecule has 0 spiro atoms. The van der Waals surface area contributed by atoms with Crippen LogP contribution >= 0.6 is 11.6 Å². The van der Waals surface area contributed by atoms with Crippen LogP contribution in [0.4, 0.5) is 0 Å². The van der Waals surface area contributed by atoms with Crippen molar-refractivity contribution in [2.45, 2.75) is 46.0 Å². The summed E-state index contributed by atoms with van der Waals surface area (Å²) in [6, 6.07) is 3.46. The molecule has 0 saturated heterocycles. The van der Waals surface area contributed by atoms with E-state index in [1.165, 1.54) is 12.8 Å². The van der Waals surface area contributed by atoms with Crippen LogP contribution in [-0.4, -0.2) is 17.4 Å². The SMILES string of the molecule is CC1(CNC(=O)c2cc(Cl)nc(C(C)(C)C)c2)CC1. The number of pyridine rings is 1. The van der Waals surface area contributed by atoms with Gasteiger partial charge in [0.15, 0.2) is 0 Å². The van der Waals surface area contributed by atoms with Crippen molar-refractivity contribution in [2.75, 3.05) is 6.54 Å². The first kappa shape index (κ1) is 14.3. The third kappa shape index (κ3) is 3.69. The van der Waals surface area contributed by atoms with Gasteiger partial charge in [0.05, 0.1) is 0 Å². The number of amides is 1. The molecule has 1 amide bonds. The molecule has 1 fully saturated rings. The number of aromatic nitrogens is 1. The lowest BCUT2D eigenvalue weighted by atomic mass is 9.91. The molecule has 1 aliphatic carbocycles. The minimum Gasteiger partial charge on any atom is -0.351 e. The Morgan fingerprint density at radius 2 is 2.05 bits per heavy atom. The highest BCUT2D eigenvalue weighted by Crippen LogP contribution is 2.44. The molecule has 0 bridgehead atoms. The molecule has 0 atom stereocenters. The summed E-state index contributed by atoms with van der Waals surface area (Å²) in [7, 11) is 0. The summed E-state index contributed by atoms with van der Waals surface area (Å²) in [5.74, 6) is -0.0667. The standard InChI is InChI=1S/C15H21ClN2O/c1-14(2,3)11-7-10(8-12(16)18-11)13(19)17-9-15(4)5-6-15/h7-8H,5-6,9H2,1-4H3,(H,17,19). The second kappa shape index (κ2) is 4.78. The number of hydrogen-bond acceptors (Lipinski definition) is 2. The fraction of sp³-hybridized carbons (Fsp3) is 0.600. The molecule has 1 N–H and O–H groups in total. The largest absolute Gasteiger partial charge is 0.351 e. The van der Waals surface area contributed by atoms with Crippen LogP contribution in [0, 0.1) is 5.41 Å². The Labute approximate surface area is 119 Å². The fourth-order valence-electron chi connectivity index (χ4n) is 1.80. The van der Waals surface area contributed by atoms with Gasteiger partial charge in [-0.15, -0.1) is 0 Å². The van der Waals surface area contributed by atoms with Crippen molar-refractivity contribution in [3.05, 3.63) is 28.5 Å². The maximum atomic E-state index is 12.2. The van der Waals surface area contributed by atoms with E-state index < -0.39 is 0 Å². The van der Waals surface area contributed by atoms with Gasteiger partial charge in [-0.25, -0.2) is 4.98 Å². The van der Waals surface area contributed by atoms with E-state index in [1.807, 2.05) is 6.07 Å². The van der Waals surface area contributed by atoms with Crippen molar-refractivity contribution in [3.8, 4) is 0 Å². The van der Waals surface area contributed by atoms with Gasteiger partial charge in [0.25, 0.3) is 5.91 Å². The zero-order valence-electron chi connectivity index (χ0n) is 12.0. The average molecular weight is 281 g/mol. The molecule has 1 saturated carbocycles. The van der Waals surface area contributed by atoms with Gasteiger partial charge in [-0.3, -0.25) is 4.79 Å². The molecule has 104 valence electrons. The second-order valence-electron chi connectivity index (χ2n) is 6.81. The van der Waals surface area contributed by atoms with Crippen molar-refractivity contribution >= 4 is 17.5 Å². The molecule has 0 unspecified atom stereocenters. The normalized spacial score (nSPS) is 17.1. The van der Waals surface area contributed by atoms with Crippen LogP contribution in [0.5, 0.6) is 0 Å². The predicted molar refractivity (Wildman–Crippen MR) is 77.6 cm³/mol. The lowest BCUT2D eigenvalue weighted by Crippen LogP contribution is -2.29. The highest BCUT2D eigenvalue weighted by Gasteiger charge is 2.37. The molecule has 0 aromatic carbocycles. The van der Waals surface area contributed by atoms with Crippen LogP contribution in [0.25, 0.3) is 0 Å². The first-order chi connectivity index (χ1) is 8.70. The van der Waals surface area contributed by atoms with Gasteiger partial charge in [-0.05, 0) is 30.4 Å². The Bertz CT molecular complexity index is 501. The van der Waals surface area contributed by atoms with Crippen molar-refractivity contribution in [1.29, 1.82) is 0 Å². The quantitative estimate of drug-likeness (QED) is 0.860. The Kier molecular flexibility index (Phi) is 3.61. The lowest BCUT2D eigenvalue weighted by molar-refractivity contribution is 0.0946. The molecule has 1 heterocycles. The zero-order chi connectivity index (χ0) is 14.3. The number of nitrogens with one attached hydrogen (secondary N) is 1. The summed E-state index contributed by atoms with van der Waals surface area (Å²) < 4.78 is 0. The van der Waals surface area contributed by atoms with E-state index in [0.717, 1.165) is 12.2 Å². The van der Waals surface area contributed by atoms with Crippen molar-refractivity contribution in [1.82, 2.24) is 10.3 Å². The van der Waals surface area contributed by atoms with E-state index in [0.29, 0.717) is 16.1 Å². The van der Waals surface area contributed by atoms with Gasteiger partial charge < -0.3 is 5.32 Å². The Morgan fingerprint density at radius 3 is 2.58 bits per heavy atom. The first-order valence-corrected chi connectivity index (χ1v) is 7.04. The monoisotopic (exact) mass is 280 g/mol. The zero-order valence-corrected chi connectivity index (χ0v) is 12.8. The molecular formula is C15H21ClN2O. The smallest absolute Gasteiger partial charge is 0.251 e. The molecule has 0 radical (unpaired) electrons. The van der Waals surface area contributed by atoms with Crippen LogP contribution in [0.15, 0.2) is 12.1 Å². The summed E-state index contributed by atoms with van der Waals surface area (Å²) in [5, 5.41) is 3.35. The molecule has 1 aromatic heterocycles. The molecular weight excluding hydrogens is 260 g/mol. The topological polar surface area (TPSA) is 42.0 Å². The van der Waals surface area contributed by atoms with E-state index in [1.54, 1.807) is 6.07 Å². The number of halogens is 1. The van der Waals surface area contributed by atoms with E-state index >= 15 is 0 Å². The molecule has 3 nitrogen and oxygen atoms in total. The summed E-state index contributed by atoms with van der Waals surface area (Å²) >= 11 is 6.01. The number of rotatable bonds is 3. The van der Waals surface area contributed by atoms with Gasteiger partial charge in [0, 0.05) is 23.2 Å². The Morgan fingerprint density at radius 1 is 1.42 bits per heavy atom. The van der Waals surface area contributed by atoms with Crippen LogP contribution < -0.4 is 5.32 Å². The number of nitrogens with zero attached hydrogens (tertiary/aromatic N) is 1. The van der Waals surface area contributed by atoms with Crippen molar-refractivity contribution in [3.63, 3.8) is 0 Å². The minimum atomic E-state index is -0.123. The van der Waals surface area contributed by atoms with E-state index in [2.05, 4.69) is 38.0 Å². The van der Waals surface area contributed by atoms with Gasteiger partial charge in [-0.2, -0.15) is 0 Å². The summed E-state index contributed by atoms with van der Waals surface area (Å²) in [6.45, 7) is 9.08. The number of carbonyl (C=O) groups is 1. The van der Waals surface area contributed by atoms with E-state index in [9.17, 15) is 4.79 Å². The summed E-state index contributed by atoms with van der Waals surface area (Å²) in [4.78, 5) is 16.4. The number of hydrogen-bond donors (Lipinski definition) is 1. The third-order valence-corrected chi connectivity index (χ3v) is 3.80. The van der Waals surface area contributed by atoms with Gasteiger partial charge in [-0.1, -0.05) is 39.3 Å². The van der Waals surface area contributed by atoms with Gasteiger partial charge in [0.1, 0.15) is 5.15 Å². The van der Waals surface area contributed by atoms with Crippen LogP contribution in [0.3, 0.4) is 0 Å². The second-order valence-corrected chi connectivity index (χ2v) is 7.19. The lowest BCUT2D eigenvalue weighted by Gasteiger charge is -2.19. The predicted octanol–water partition coefficient (Wildman–Crippen LogP) is 3.56. The average Bonchev–Trinajstić information content (AvgIpc) is 3.03. The van der Waals surface area contributed by atoms with Crippen LogP contribution in [0.2, 0.25) is 5.15 Å². The fourth-order valence-corrected chi connectivity index (χ4v) is 2.01. The Hall–Kier alpha value is -1.09. The summed E-state index contributed by atoms with van der Waals surface area (Å²) in [5.41, 5.74) is 1.61. The summed E-state index contributed by atoms with van der Waals surface area (Å²) in [6.07, 6.45) is 2.38. The molecule has 19 heavy (non-hydrogen) atoms. The maximum absolute atomic E-state index is 12.2. The number of carbonyl (C=O) groups excluding carboxylic acids is 1. The van der Waals surface area contributed by atoms with Crippen LogP contribution in [0.1, 0.15) is 56.6 Å². The van der Waals surface area contributed by atoms with E-state index in [-0.39, 0.29) is 11.3 Å². The maximum Gasteiger partial charge on any atom is 0.251 e. The molecule has 2 rings (SSSR count). The molecule has 0 aliphatic heterocycles. The Balaban J connectivity index is 2.14. The molecule has 1 aliphatic rings. The van der Waals surface area contributed by atoms with Gasteiger partial charge >= 0.3 is 0 Å². The first-order valence-electron chi connectivity index (χ1n) is 6.66. The third-order valence-electron chi connectivity index (χ3n) is 3.60. The van der Waals surface area contributed by atoms with Crippen molar-refractivity contribution < 1.29 is 4.79 Å².